The van der Waals surface area contributed by atoms with Crippen molar-refractivity contribution in [1.82, 2.24) is 5.32 Å². The lowest BCUT2D eigenvalue weighted by molar-refractivity contribution is -0.143. The van der Waals surface area contributed by atoms with Gasteiger partial charge in [0.1, 0.15) is 0 Å². The first-order chi connectivity index (χ1) is 6.95. The van der Waals surface area contributed by atoms with Gasteiger partial charge in [-0.3, -0.25) is 4.79 Å². The number of carbonyl (C=O) groups excluding carboxylic acids is 1. The van der Waals surface area contributed by atoms with Gasteiger partial charge in [0.05, 0.1) is 13.0 Å². The molecule has 3 nitrogen and oxygen atoms in total. The molecule has 0 aliphatic rings. The van der Waals surface area contributed by atoms with Crippen LogP contribution < -0.4 is 5.32 Å². The number of carbonyl (C=O) groups is 1. The molecule has 0 fully saturated rings. The molecule has 0 aliphatic heterocycles. The molecule has 0 heterocycles. The molecule has 0 aromatic carbocycles. The van der Waals surface area contributed by atoms with Crippen molar-refractivity contribution in [1.29, 1.82) is 0 Å². The fourth-order valence-electron chi connectivity index (χ4n) is 1.67. The van der Waals surface area contributed by atoms with Crippen molar-refractivity contribution in [3.05, 3.63) is 0 Å². The number of hydrogen-bond donors (Lipinski definition) is 1. The highest BCUT2D eigenvalue weighted by molar-refractivity contribution is 5.70. The Hall–Kier alpha value is -0.570. The summed E-state index contributed by atoms with van der Waals surface area (Å²) < 4.78 is 4.96. The van der Waals surface area contributed by atoms with Gasteiger partial charge in [-0.15, -0.1) is 0 Å². The number of hydrogen-bond acceptors (Lipinski definition) is 3. The van der Waals surface area contributed by atoms with Crippen LogP contribution in [-0.4, -0.2) is 24.7 Å². The van der Waals surface area contributed by atoms with Crippen molar-refractivity contribution in [3.8, 4) is 0 Å². The van der Waals surface area contributed by atoms with E-state index in [2.05, 4.69) is 33.0 Å². The van der Waals surface area contributed by atoms with E-state index in [-0.39, 0.29) is 12.0 Å². The predicted molar refractivity (Wildman–Crippen MR) is 62.8 cm³/mol. The van der Waals surface area contributed by atoms with Crippen molar-refractivity contribution in [2.45, 2.75) is 59.5 Å². The highest BCUT2D eigenvalue weighted by Crippen LogP contribution is 2.09. The van der Waals surface area contributed by atoms with E-state index in [1.54, 1.807) is 0 Å². The zero-order chi connectivity index (χ0) is 11.8. The van der Waals surface area contributed by atoms with Crippen LogP contribution in [0, 0.1) is 5.92 Å². The normalized spacial score (nSPS) is 13.3. The molecule has 1 N–H and O–H groups in total. The fourth-order valence-corrected chi connectivity index (χ4v) is 1.67. The Morgan fingerprint density at radius 2 is 1.87 bits per heavy atom. The van der Waals surface area contributed by atoms with E-state index in [0.717, 1.165) is 6.42 Å². The number of rotatable bonds is 7. The van der Waals surface area contributed by atoms with Gasteiger partial charge in [0.2, 0.25) is 0 Å². The molecule has 1 atom stereocenters. The van der Waals surface area contributed by atoms with Crippen molar-refractivity contribution >= 4 is 5.97 Å². The first-order valence-corrected chi connectivity index (χ1v) is 5.87. The summed E-state index contributed by atoms with van der Waals surface area (Å²) >= 11 is 0. The SMILES string of the molecule is CCOC(=O)CC(CC(C)C)NC(C)C. The van der Waals surface area contributed by atoms with Gasteiger partial charge in [-0.25, -0.2) is 0 Å². The summed E-state index contributed by atoms with van der Waals surface area (Å²) in [6.45, 7) is 10.8. The molecule has 15 heavy (non-hydrogen) atoms. The zero-order valence-corrected chi connectivity index (χ0v) is 10.7. The van der Waals surface area contributed by atoms with E-state index in [1.807, 2.05) is 6.92 Å². The third-order valence-electron chi connectivity index (χ3n) is 2.04. The Morgan fingerprint density at radius 3 is 2.27 bits per heavy atom. The van der Waals surface area contributed by atoms with E-state index in [1.165, 1.54) is 0 Å². The van der Waals surface area contributed by atoms with Crippen LogP contribution in [0.3, 0.4) is 0 Å². The van der Waals surface area contributed by atoms with Gasteiger partial charge in [0.25, 0.3) is 0 Å². The van der Waals surface area contributed by atoms with Gasteiger partial charge < -0.3 is 10.1 Å². The molecule has 0 saturated carbocycles. The minimum Gasteiger partial charge on any atom is -0.466 e. The minimum atomic E-state index is -0.101. The first-order valence-electron chi connectivity index (χ1n) is 5.87. The van der Waals surface area contributed by atoms with E-state index >= 15 is 0 Å². The van der Waals surface area contributed by atoms with Crippen LogP contribution >= 0.6 is 0 Å². The summed E-state index contributed by atoms with van der Waals surface area (Å²) in [6.07, 6.45) is 1.49. The van der Waals surface area contributed by atoms with Crippen LogP contribution in [0.25, 0.3) is 0 Å². The molecule has 0 rings (SSSR count). The van der Waals surface area contributed by atoms with E-state index in [0.29, 0.717) is 25.0 Å². The number of esters is 1. The topological polar surface area (TPSA) is 38.3 Å². The van der Waals surface area contributed by atoms with Crippen LogP contribution in [0.1, 0.15) is 47.5 Å². The maximum Gasteiger partial charge on any atom is 0.307 e. The van der Waals surface area contributed by atoms with Crippen LogP contribution in [0.4, 0.5) is 0 Å². The number of ether oxygens (including phenoxy) is 1. The summed E-state index contributed by atoms with van der Waals surface area (Å²) in [7, 11) is 0. The highest BCUT2D eigenvalue weighted by atomic mass is 16.5. The van der Waals surface area contributed by atoms with E-state index in [4.69, 9.17) is 4.74 Å². The lowest BCUT2D eigenvalue weighted by atomic mass is 10.0. The van der Waals surface area contributed by atoms with Crippen molar-refractivity contribution < 1.29 is 9.53 Å². The second-order valence-corrected chi connectivity index (χ2v) is 4.66. The summed E-state index contributed by atoms with van der Waals surface area (Å²) in [5.74, 6) is 0.493. The Morgan fingerprint density at radius 1 is 1.27 bits per heavy atom. The molecule has 0 aliphatic carbocycles. The smallest absolute Gasteiger partial charge is 0.307 e. The third kappa shape index (κ3) is 8.43. The molecule has 0 saturated heterocycles. The van der Waals surface area contributed by atoms with Crippen LogP contribution in [0.5, 0.6) is 0 Å². The molecule has 0 aromatic rings. The van der Waals surface area contributed by atoms with Crippen molar-refractivity contribution in [2.75, 3.05) is 6.61 Å². The Bertz CT molecular complexity index is 168. The largest absolute Gasteiger partial charge is 0.466 e. The maximum absolute atomic E-state index is 11.4. The second kappa shape index (κ2) is 7.69. The molecule has 0 bridgehead atoms. The molecule has 0 radical (unpaired) electrons. The maximum atomic E-state index is 11.4. The van der Waals surface area contributed by atoms with Crippen LogP contribution in [0.15, 0.2) is 0 Å². The summed E-state index contributed by atoms with van der Waals surface area (Å²) in [4.78, 5) is 11.4. The van der Waals surface area contributed by atoms with Crippen LogP contribution in [-0.2, 0) is 9.53 Å². The molecule has 0 aromatic heterocycles. The average Bonchev–Trinajstić information content (AvgIpc) is 2.00. The summed E-state index contributed by atoms with van der Waals surface area (Å²) in [5, 5.41) is 3.40. The Balaban J connectivity index is 4.05. The molecule has 0 amide bonds. The lowest BCUT2D eigenvalue weighted by Crippen LogP contribution is -2.37. The summed E-state index contributed by atoms with van der Waals surface area (Å²) in [6, 6.07) is 0.646. The van der Waals surface area contributed by atoms with Gasteiger partial charge in [-0.2, -0.15) is 0 Å². The quantitative estimate of drug-likeness (QED) is 0.662. The van der Waals surface area contributed by atoms with Gasteiger partial charge in [0, 0.05) is 12.1 Å². The predicted octanol–water partition coefficient (Wildman–Crippen LogP) is 2.35. The number of nitrogens with one attached hydrogen (secondary N) is 1. The standard InChI is InChI=1S/C12H25NO2/c1-6-15-12(14)8-11(7-9(2)3)13-10(4)5/h9-11,13H,6-8H2,1-5H3. The van der Waals surface area contributed by atoms with Gasteiger partial charge in [-0.05, 0) is 19.3 Å². The molecular formula is C12H25NO2. The third-order valence-corrected chi connectivity index (χ3v) is 2.04. The summed E-state index contributed by atoms with van der Waals surface area (Å²) in [5.41, 5.74) is 0. The van der Waals surface area contributed by atoms with Gasteiger partial charge in [0.15, 0.2) is 0 Å². The Labute approximate surface area is 93.6 Å². The lowest BCUT2D eigenvalue weighted by Gasteiger charge is -2.22. The molecule has 1 unspecified atom stereocenters. The fraction of sp³-hybridized carbons (Fsp3) is 0.917. The monoisotopic (exact) mass is 215 g/mol. The minimum absolute atomic E-state index is 0.101. The molecule has 90 valence electrons. The van der Waals surface area contributed by atoms with Gasteiger partial charge in [-0.1, -0.05) is 27.7 Å². The van der Waals surface area contributed by atoms with Crippen molar-refractivity contribution in [3.63, 3.8) is 0 Å². The zero-order valence-electron chi connectivity index (χ0n) is 10.7. The van der Waals surface area contributed by atoms with E-state index < -0.39 is 0 Å². The second-order valence-electron chi connectivity index (χ2n) is 4.66. The highest BCUT2D eigenvalue weighted by Gasteiger charge is 2.16. The Kier molecular flexibility index (Phi) is 7.39. The molecule has 0 spiro atoms. The van der Waals surface area contributed by atoms with E-state index in [9.17, 15) is 4.79 Å². The van der Waals surface area contributed by atoms with Crippen molar-refractivity contribution in [2.24, 2.45) is 5.92 Å². The van der Waals surface area contributed by atoms with Crippen LogP contribution in [0.2, 0.25) is 0 Å². The first kappa shape index (κ1) is 14.4. The molecule has 3 heteroatoms. The molecular weight excluding hydrogens is 190 g/mol. The average molecular weight is 215 g/mol. The van der Waals surface area contributed by atoms with Gasteiger partial charge >= 0.3 is 5.97 Å².